The number of halogens is 2. The second-order valence-electron chi connectivity index (χ2n) is 5.65. The molecule has 0 aliphatic rings. The fourth-order valence-corrected chi connectivity index (χ4v) is 2.67. The van der Waals surface area contributed by atoms with Gasteiger partial charge in [-0.1, -0.05) is 12.1 Å². The lowest BCUT2D eigenvalue weighted by Gasteiger charge is -2.13. The third-order valence-electron chi connectivity index (χ3n) is 3.47. The molecule has 9 heteroatoms. The second kappa shape index (κ2) is 9.86. The molecule has 1 aromatic carbocycles. The highest BCUT2D eigenvalue weighted by Crippen LogP contribution is 2.26. The molecule has 1 heterocycles. The van der Waals surface area contributed by atoms with Crippen molar-refractivity contribution in [1.29, 1.82) is 0 Å². The number of carbonyl (C=O) groups excluding carboxylic acids is 2. The summed E-state index contributed by atoms with van der Waals surface area (Å²) in [5, 5.41) is 2.49. The number of aromatic nitrogens is 1. The quantitative estimate of drug-likeness (QED) is 0.547. The zero-order chi connectivity index (χ0) is 19.8. The zero-order valence-electron chi connectivity index (χ0n) is 14.8. The van der Waals surface area contributed by atoms with Crippen LogP contribution < -0.4 is 10.2 Å². The molecule has 0 saturated carbocycles. The Morgan fingerprint density at radius 1 is 1.22 bits per heavy atom. The largest absolute Gasteiger partial charge is 0.452 e. The van der Waals surface area contributed by atoms with Crippen molar-refractivity contribution in [2.24, 2.45) is 0 Å². The maximum Gasteiger partial charge on any atom is 0.341 e. The third-order valence-corrected chi connectivity index (χ3v) is 4.20. The summed E-state index contributed by atoms with van der Waals surface area (Å²) in [6.45, 7) is -0.230. The van der Waals surface area contributed by atoms with Gasteiger partial charge in [0, 0.05) is 32.5 Å². The van der Waals surface area contributed by atoms with Gasteiger partial charge in [0.15, 0.2) is 6.61 Å². The number of alkyl halides is 2. The molecule has 6 nitrogen and oxygen atoms in total. The first-order valence-corrected chi connectivity index (χ1v) is 8.84. The average Bonchev–Trinajstić information content (AvgIpc) is 2.64. The van der Waals surface area contributed by atoms with Crippen LogP contribution in [0.4, 0.5) is 14.5 Å². The molecule has 0 saturated heterocycles. The third kappa shape index (κ3) is 6.52. The van der Waals surface area contributed by atoms with Gasteiger partial charge in [-0.15, -0.1) is 0 Å². The molecule has 0 bridgehead atoms. The number of rotatable bonds is 8. The van der Waals surface area contributed by atoms with Crippen molar-refractivity contribution in [3.8, 4) is 0 Å². The molecule has 0 spiro atoms. The van der Waals surface area contributed by atoms with Crippen molar-refractivity contribution in [3.63, 3.8) is 0 Å². The van der Waals surface area contributed by atoms with Crippen molar-refractivity contribution < 1.29 is 23.1 Å². The molecule has 0 unspecified atom stereocenters. The monoisotopic (exact) mass is 395 g/mol. The van der Waals surface area contributed by atoms with Crippen LogP contribution in [-0.4, -0.2) is 43.3 Å². The number of ether oxygens (including phenoxy) is 1. The fourth-order valence-electron chi connectivity index (χ4n) is 2.10. The molecule has 2 rings (SSSR count). The first kappa shape index (κ1) is 20.6. The van der Waals surface area contributed by atoms with E-state index in [9.17, 15) is 18.4 Å². The van der Waals surface area contributed by atoms with Crippen LogP contribution in [0.2, 0.25) is 0 Å². The summed E-state index contributed by atoms with van der Waals surface area (Å²) in [6, 6.07) is 10.4. The number of thioether (sulfide) groups is 1. The van der Waals surface area contributed by atoms with Crippen LogP contribution in [0, 0.1) is 0 Å². The minimum absolute atomic E-state index is 0.102. The number of pyridine rings is 1. The van der Waals surface area contributed by atoms with Crippen LogP contribution in [0.25, 0.3) is 0 Å². The smallest absolute Gasteiger partial charge is 0.341 e. The van der Waals surface area contributed by atoms with Crippen molar-refractivity contribution in [2.45, 2.75) is 17.3 Å². The van der Waals surface area contributed by atoms with E-state index in [0.717, 1.165) is 11.3 Å². The van der Waals surface area contributed by atoms with Gasteiger partial charge in [0.25, 0.3) is 11.7 Å². The summed E-state index contributed by atoms with van der Waals surface area (Å²) >= 11 is 0.149. The molecule has 1 N–H and O–H groups in total. The summed E-state index contributed by atoms with van der Waals surface area (Å²) in [7, 11) is 3.86. The number of hydrogen-bond donors (Lipinski definition) is 1. The minimum atomic E-state index is -2.71. The molecule has 144 valence electrons. The normalized spacial score (nSPS) is 10.6. The van der Waals surface area contributed by atoms with Gasteiger partial charge in [0.05, 0.1) is 5.56 Å². The molecule has 0 radical (unpaired) electrons. The number of benzene rings is 1. The molecule has 0 fully saturated rings. The van der Waals surface area contributed by atoms with Crippen molar-refractivity contribution in [3.05, 3.63) is 53.7 Å². The lowest BCUT2D eigenvalue weighted by atomic mass is 10.2. The van der Waals surface area contributed by atoms with Crippen molar-refractivity contribution in [2.75, 3.05) is 25.6 Å². The summed E-state index contributed by atoms with van der Waals surface area (Å²) in [4.78, 5) is 29.6. The fraction of sp³-hybridized carbons (Fsp3) is 0.278. The first-order valence-electron chi connectivity index (χ1n) is 7.96. The van der Waals surface area contributed by atoms with E-state index < -0.39 is 24.2 Å². The molecule has 0 aliphatic carbocycles. The summed E-state index contributed by atoms with van der Waals surface area (Å²) in [5.41, 5.74) is 1.82. The van der Waals surface area contributed by atoms with E-state index in [4.69, 9.17) is 4.74 Å². The Balaban J connectivity index is 1.84. The Hall–Kier alpha value is -2.68. The number of nitrogens with one attached hydrogen (secondary N) is 1. The van der Waals surface area contributed by atoms with E-state index in [2.05, 4.69) is 10.3 Å². The van der Waals surface area contributed by atoms with Gasteiger partial charge in [-0.2, -0.15) is 8.78 Å². The van der Waals surface area contributed by atoms with Crippen LogP contribution >= 0.6 is 11.8 Å². The number of nitrogens with zero attached hydrogens (tertiary/aromatic N) is 2. The van der Waals surface area contributed by atoms with Crippen molar-refractivity contribution in [1.82, 2.24) is 10.3 Å². The molecule has 0 atom stereocenters. The maximum atomic E-state index is 12.5. The van der Waals surface area contributed by atoms with Crippen molar-refractivity contribution >= 4 is 29.3 Å². The Bertz CT molecular complexity index is 786. The Morgan fingerprint density at radius 2 is 1.93 bits per heavy atom. The van der Waals surface area contributed by atoms with Crippen LogP contribution in [0.5, 0.6) is 0 Å². The number of hydrogen-bond acceptors (Lipinski definition) is 6. The second-order valence-corrected chi connectivity index (χ2v) is 6.63. The van der Waals surface area contributed by atoms with E-state index in [-0.39, 0.29) is 28.9 Å². The van der Waals surface area contributed by atoms with Crippen LogP contribution in [0.15, 0.2) is 47.6 Å². The maximum absolute atomic E-state index is 12.5. The first-order chi connectivity index (χ1) is 12.9. The summed E-state index contributed by atoms with van der Waals surface area (Å²) in [6.07, 6.45) is 1.30. The Morgan fingerprint density at radius 3 is 2.56 bits per heavy atom. The van der Waals surface area contributed by atoms with Crippen LogP contribution in [-0.2, 0) is 16.1 Å². The highest BCUT2D eigenvalue weighted by atomic mass is 32.2. The lowest BCUT2D eigenvalue weighted by molar-refractivity contribution is -0.124. The number of esters is 1. The number of amides is 1. The van der Waals surface area contributed by atoms with Gasteiger partial charge in [0.1, 0.15) is 5.03 Å². The van der Waals surface area contributed by atoms with Gasteiger partial charge in [-0.25, -0.2) is 9.78 Å². The molecule has 1 aromatic heterocycles. The van der Waals surface area contributed by atoms with E-state index >= 15 is 0 Å². The van der Waals surface area contributed by atoms with E-state index in [1.165, 1.54) is 18.3 Å². The van der Waals surface area contributed by atoms with E-state index in [1.54, 1.807) is 0 Å². The molecular weight excluding hydrogens is 376 g/mol. The molecule has 0 aliphatic heterocycles. The Kier molecular flexibility index (Phi) is 7.54. The SMILES string of the molecule is CN(C)c1ccc(CNC(=O)COC(=O)c2cccnc2SC(F)F)cc1. The Labute approximate surface area is 159 Å². The van der Waals surface area contributed by atoms with Gasteiger partial charge >= 0.3 is 5.97 Å². The minimum Gasteiger partial charge on any atom is -0.452 e. The molecular formula is C18H19F2N3O3S. The van der Waals surface area contributed by atoms with Gasteiger partial charge < -0.3 is 15.0 Å². The molecule has 27 heavy (non-hydrogen) atoms. The average molecular weight is 395 g/mol. The lowest BCUT2D eigenvalue weighted by Crippen LogP contribution is -2.28. The predicted octanol–water partition coefficient (Wildman–Crippen LogP) is 2.94. The number of carbonyl (C=O) groups is 2. The molecule has 1 amide bonds. The number of anilines is 1. The highest BCUT2D eigenvalue weighted by Gasteiger charge is 2.18. The topological polar surface area (TPSA) is 71.5 Å². The summed E-state index contributed by atoms with van der Waals surface area (Å²) in [5.74, 6) is -4.09. The van der Waals surface area contributed by atoms with E-state index in [0.29, 0.717) is 0 Å². The molecule has 2 aromatic rings. The van der Waals surface area contributed by atoms with Gasteiger partial charge in [-0.05, 0) is 41.6 Å². The van der Waals surface area contributed by atoms with E-state index in [1.807, 2.05) is 43.3 Å². The van der Waals surface area contributed by atoms with Crippen LogP contribution in [0.3, 0.4) is 0 Å². The zero-order valence-corrected chi connectivity index (χ0v) is 15.6. The van der Waals surface area contributed by atoms with Gasteiger partial charge in [0.2, 0.25) is 0 Å². The van der Waals surface area contributed by atoms with Gasteiger partial charge in [-0.3, -0.25) is 4.79 Å². The summed E-state index contributed by atoms with van der Waals surface area (Å²) < 4.78 is 29.9. The predicted molar refractivity (Wildman–Crippen MR) is 99.0 cm³/mol. The highest BCUT2D eigenvalue weighted by molar-refractivity contribution is 7.99. The van der Waals surface area contributed by atoms with Crippen LogP contribution in [0.1, 0.15) is 15.9 Å². The standard InChI is InChI=1S/C18H19F2N3O3S/c1-23(2)13-7-5-12(6-8-13)10-22-15(24)11-26-17(25)14-4-3-9-21-16(14)27-18(19)20/h3-9,18H,10-11H2,1-2H3,(H,22,24).